The van der Waals surface area contributed by atoms with Crippen LogP contribution in [-0.4, -0.2) is 21.0 Å². The van der Waals surface area contributed by atoms with Gasteiger partial charge in [0.2, 0.25) is 0 Å². The number of benzene rings is 2. The molecule has 1 aromatic rings. The van der Waals surface area contributed by atoms with Crippen LogP contribution in [0.4, 0.5) is 11.4 Å². The van der Waals surface area contributed by atoms with Gasteiger partial charge in [-0.1, -0.05) is 12.1 Å². The molecule has 0 aromatic heterocycles. The maximum absolute atomic E-state index is 12.3. The van der Waals surface area contributed by atoms with Crippen LogP contribution in [0.25, 0.3) is 11.3 Å². The van der Waals surface area contributed by atoms with E-state index < -0.39 is 11.4 Å². The highest BCUT2D eigenvalue weighted by molar-refractivity contribution is 5.93. The first kappa shape index (κ1) is 13.2. The van der Waals surface area contributed by atoms with E-state index in [1.165, 1.54) is 12.1 Å². The number of rotatable bonds is 1. The Hall–Kier alpha value is -3.48. The Bertz CT molecular complexity index is 992. The molecule has 0 saturated heterocycles. The van der Waals surface area contributed by atoms with Gasteiger partial charge in [-0.25, -0.2) is 4.79 Å². The number of pyridine rings is 1. The smallest absolute Gasteiger partial charge is 0.337 e. The van der Waals surface area contributed by atoms with Crippen LogP contribution in [0.2, 0.25) is 0 Å². The van der Waals surface area contributed by atoms with Gasteiger partial charge >= 0.3 is 5.97 Å². The van der Waals surface area contributed by atoms with Gasteiger partial charge in [-0.3, -0.25) is 4.79 Å². The molecule has 2 heterocycles. The van der Waals surface area contributed by atoms with Crippen LogP contribution >= 0.6 is 0 Å². The Balaban J connectivity index is 2.02. The van der Waals surface area contributed by atoms with Gasteiger partial charge in [-0.2, -0.15) is 4.73 Å². The summed E-state index contributed by atoms with van der Waals surface area (Å²) in [7, 11) is 0. The number of para-hydroxylation sites is 2. The first-order valence-electron chi connectivity index (χ1n) is 6.74. The highest BCUT2D eigenvalue weighted by Crippen LogP contribution is 2.45. The zero-order chi connectivity index (χ0) is 16.1. The second kappa shape index (κ2) is 4.51. The minimum Gasteiger partial charge on any atom is -0.478 e. The van der Waals surface area contributed by atoms with Crippen molar-refractivity contribution in [2.24, 2.45) is 0 Å². The third kappa shape index (κ3) is 1.90. The molecule has 0 fully saturated rings. The van der Waals surface area contributed by atoms with Gasteiger partial charge in [0, 0.05) is 6.07 Å². The number of hydrogen-bond acceptors (Lipinski definition) is 5. The number of carboxylic acid groups (broad SMARTS) is 1. The number of hydrogen-bond donors (Lipinski definition) is 3. The van der Waals surface area contributed by atoms with E-state index in [0.717, 1.165) is 6.20 Å². The molecule has 4 rings (SSSR count). The molecule has 1 aliphatic carbocycles. The molecule has 7 nitrogen and oxygen atoms in total. The van der Waals surface area contributed by atoms with E-state index in [1.807, 2.05) is 6.07 Å². The SMILES string of the molecule is O=C(O)c1cc2c(=O)cc3c(c-2n(O)c1)Nc1ccccc1O3. The maximum atomic E-state index is 12.3. The molecular formula is C16H10N2O5. The van der Waals surface area contributed by atoms with Gasteiger partial charge in [-0.15, -0.1) is 0 Å². The average molecular weight is 310 g/mol. The summed E-state index contributed by atoms with van der Waals surface area (Å²) in [5.41, 5.74) is 0.702. The van der Waals surface area contributed by atoms with Crippen molar-refractivity contribution >= 4 is 17.3 Å². The maximum Gasteiger partial charge on any atom is 0.337 e. The zero-order valence-corrected chi connectivity index (χ0v) is 11.6. The van der Waals surface area contributed by atoms with E-state index in [9.17, 15) is 14.8 Å². The van der Waals surface area contributed by atoms with Gasteiger partial charge in [0.15, 0.2) is 16.9 Å². The summed E-state index contributed by atoms with van der Waals surface area (Å²) < 4.78 is 6.32. The molecule has 23 heavy (non-hydrogen) atoms. The van der Waals surface area contributed by atoms with Gasteiger partial charge in [-0.05, 0) is 18.2 Å². The van der Waals surface area contributed by atoms with Crippen LogP contribution in [0.5, 0.6) is 11.5 Å². The van der Waals surface area contributed by atoms with E-state index in [1.54, 1.807) is 18.2 Å². The Kier molecular flexibility index (Phi) is 2.59. The normalized spacial score (nSPS) is 12.0. The third-order valence-electron chi connectivity index (χ3n) is 3.67. The third-order valence-corrected chi connectivity index (χ3v) is 3.67. The predicted octanol–water partition coefficient (Wildman–Crippen LogP) is 2.74. The van der Waals surface area contributed by atoms with Crippen LogP contribution in [0.1, 0.15) is 10.4 Å². The van der Waals surface area contributed by atoms with Crippen molar-refractivity contribution < 1.29 is 19.8 Å². The van der Waals surface area contributed by atoms with Gasteiger partial charge in [0.05, 0.1) is 23.0 Å². The topological polar surface area (TPSA) is 101 Å². The Morgan fingerprint density at radius 2 is 1.96 bits per heavy atom. The molecule has 0 radical (unpaired) electrons. The van der Waals surface area contributed by atoms with Crippen molar-refractivity contribution in [2.45, 2.75) is 0 Å². The quantitative estimate of drug-likeness (QED) is 0.467. The van der Waals surface area contributed by atoms with Crippen LogP contribution in [0.15, 0.2) is 47.4 Å². The summed E-state index contributed by atoms with van der Waals surface area (Å²) in [4.78, 5) is 23.4. The molecule has 0 amide bonds. The van der Waals surface area contributed by atoms with Crippen LogP contribution in [0.3, 0.4) is 0 Å². The molecular weight excluding hydrogens is 300 g/mol. The summed E-state index contributed by atoms with van der Waals surface area (Å²) in [5, 5.41) is 22.3. The molecule has 0 spiro atoms. The van der Waals surface area contributed by atoms with Crippen LogP contribution < -0.4 is 15.5 Å². The fourth-order valence-electron chi connectivity index (χ4n) is 2.63. The number of nitrogens with zero attached hydrogens (tertiary/aromatic N) is 1. The summed E-state index contributed by atoms with van der Waals surface area (Å²) in [5.74, 6) is -0.404. The lowest BCUT2D eigenvalue weighted by Crippen LogP contribution is -2.17. The van der Waals surface area contributed by atoms with Crippen molar-refractivity contribution in [3.05, 3.63) is 58.4 Å². The van der Waals surface area contributed by atoms with E-state index in [-0.39, 0.29) is 22.6 Å². The summed E-state index contributed by atoms with van der Waals surface area (Å²) in [6.07, 6.45) is 1.03. The Labute approximate surface area is 129 Å². The molecule has 0 atom stereocenters. The summed E-state index contributed by atoms with van der Waals surface area (Å²) in [6.45, 7) is 0. The van der Waals surface area contributed by atoms with Gasteiger partial charge < -0.3 is 20.4 Å². The fourth-order valence-corrected chi connectivity index (χ4v) is 2.63. The lowest BCUT2D eigenvalue weighted by Gasteiger charge is -2.25. The lowest BCUT2D eigenvalue weighted by atomic mass is 10.0. The van der Waals surface area contributed by atoms with Crippen molar-refractivity contribution in [1.29, 1.82) is 0 Å². The monoisotopic (exact) mass is 310 g/mol. The lowest BCUT2D eigenvalue weighted by molar-refractivity contribution is 0.0691. The molecule has 2 aliphatic heterocycles. The number of anilines is 2. The van der Waals surface area contributed by atoms with Crippen LogP contribution in [-0.2, 0) is 0 Å². The van der Waals surface area contributed by atoms with E-state index in [4.69, 9.17) is 9.84 Å². The molecule has 114 valence electrons. The number of aromatic nitrogens is 1. The average Bonchev–Trinajstić information content (AvgIpc) is 2.53. The number of aromatic carboxylic acids is 1. The van der Waals surface area contributed by atoms with Crippen LogP contribution in [0, 0.1) is 0 Å². The van der Waals surface area contributed by atoms with E-state index in [2.05, 4.69) is 5.32 Å². The van der Waals surface area contributed by atoms with Gasteiger partial charge in [0.1, 0.15) is 11.4 Å². The molecule has 7 heteroatoms. The zero-order valence-electron chi connectivity index (χ0n) is 11.6. The van der Waals surface area contributed by atoms with E-state index >= 15 is 0 Å². The van der Waals surface area contributed by atoms with Gasteiger partial charge in [0.25, 0.3) is 0 Å². The van der Waals surface area contributed by atoms with Crippen molar-refractivity contribution in [3.63, 3.8) is 0 Å². The second-order valence-corrected chi connectivity index (χ2v) is 5.11. The summed E-state index contributed by atoms with van der Waals surface area (Å²) in [6, 6.07) is 9.67. The van der Waals surface area contributed by atoms with Crippen molar-refractivity contribution in [3.8, 4) is 22.8 Å². The number of nitrogens with one attached hydrogen (secondary N) is 1. The molecule has 0 unspecified atom stereocenters. The van der Waals surface area contributed by atoms with E-state index in [0.29, 0.717) is 21.9 Å². The second-order valence-electron chi connectivity index (χ2n) is 5.11. The predicted molar refractivity (Wildman–Crippen MR) is 81.3 cm³/mol. The van der Waals surface area contributed by atoms with Crippen molar-refractivity contribution in [1.82, 2.24) is 4.73 Å². The largest absolute Gasteiger partial charge is 0.478 e. The highest BCUT2D eigenvalue weighted by atomic mass is 16.5. The highest BCUT2D eigenvalue weighted by Gasteiger charge is 2.26. The molecule has 3 N–H and O–H groups in total. The molecule has 1 aromatic carbocycles. The fraction of sp³-hybridized carbons (Fsp3) is 0. The first-order chi connectivity index (χ1) is 11.0. The Morgan fingerprint density at radius 1 is 1.17 bits per heavy atom. The Morgan fingerprint density at radius 3 is 2.74 bits per heavy atom. The first-order valence-corrected chi connectivity index (χ1v) is 6.74. The van der Waals surface area contributed by atoms with Crippen molar-refractivity contribution in [2.75, 3.05) is 5.32 Å². The number of carbonyl (C=O) groups is 1. The molecule has 0 bridgehead atoms. The molecule has 3 aliphatic rings. The summed E-state index contributed by atoms with van der Waals surface area (Å²) >= 11 is 0. The number of fused-ring (bicyclic) bond motifs is 4. The number of carboxylic acids is 1. The molecule has 0 saturated carbocycles. The minimum atomic E-state index is -1.23. The minimum absolute atomic E-state index is 0.0848. The number of ether oxygens (including phenoxy) is 1. The standard InChI is InChI=1S/C16H10N2O5/c19-11-6-13-14(17-10-3-1-2-4-12(10)23-13)15-9(11)5-8(16(20)21)7-18(15)22/h1-7,17,22H,(H,20,21).